The summed E-state index contributed by atoms with van der Waals surface area (Å²) < 4.78 is 15.6. The summed E-state index contributed by atoms with van der Waals surface area (Å²) in [6, 6.07) is 13.7. The quantitative estimate of drug-likeness (QED) is 0.551. The normalized spacial score (nSPS) is 18.3. The van der Waals surface area contributed by atoms with Gasteiger partial charge in [0.2, 0.25) is 0 Å². The van der Waals surface area contributed by atoms with E-state index in [1.54, 1.807) is 6.07 Å². The van der Waals surface area contributed by atoms with Gasteiger partial charge in [-0.15, -0.1) is 0 Å². The maximum absolute atomic E-state index is 13.5. The summed E-state index contributed by atoms with van der Waals surface area (Å²) in [5.74, 6) is 0.670. The van der Waals surface area contributed by atoms with Crippen molar-refractivity contribution in [1.82, 2.24) is 19.4 Å². The molecule has 2 aromatic carbocycles. The Labute approximate surface area is 195 Å². The fourth-order valence-electron chi connectivity index (χ4n) is 5.64. The molecule has 0 atom stereocenters. The van der Waals surface area contributed by atoms with Crippen LogP contribution in [0.5, 0.6) is 0 Å². The van der Waals surface area contributed by atoms with Crippen molar-refractivity contribution in [1.29, 1.82) is 0 Å². The Kier molecular flexibility index (Phi) is 6.19. The summed E-state index contributed by atoms with van der Waals surface area (Å²) in [7, 11) is 1.95. The highest BCUT2D eigenvalue weighted by atomic mass is 19.1. The lowest BCUT2D eigenvalue weighted by Gasteiger charge is -2.39. The second-order valence-corrected chi connectivity index (χ2v) is 9.70. The maximum Gasteiger partial charge on any atom is 0.253 e. The minimum Gasteiger partial charge on any atom is -0.339 e. The second kappa shape index (κ2) is 9.26. The minimum atomic E-state index is -0.275. The third kappa shape index (κ3) is 4.54. The molecule has 1 aliphatic carbocycles. The summed E-state index contributed by atoms with van der Waals surface area (Å²) in [4.78, 5) is 22.2. The number of fused-ring (bicyclic) bond motifs is 1. The van der Waals surface area contributed by atoms with Gasteiger partial charge in [-0.25, -0.2) is 9.37 Å². The highest BCUT2D eigenvalue weighted by Gasteiger charge is 2.30. The Morgan fingerprint density at radius 3 is 2.45 bits per heavy atom. The number of hydrogen-bond acceptors (Lipinski definition) is 3. The van der Waals surface area contributed by atoms with Crippen LogP contribution < -0.4 is 0 Å². The number of likely N-dealkylation sites (tertiary alicyclic amines) is 1. The molecule has 0 radical (unpaired) electrons. The molecule has 0 spiro atoms. The average Bonchev–Trinajstić information content (AvgIpc) is 3.47. The summed E-state index contributed by atoms with van der Waals surface area (Å²) >= 11 is 0. The van der Waals surface area contributed by atoms with Crippen molar-refractivity contribution in [2.24, 2.45) is 0 Å². The van der Waals surface area contributed by atoms with Gasteiger partial charge in [-0.3, -0.25) is 4.79 Å². The van der Waals surface area contributed by atoms with Gasteiger partial charge in [0.05, 0.1) is 11.0 Å². The number of benzene rings is 2. The number of aromatic nitrogens is 2. The zero-order valence-electron chi connectivity index (χ0n) is 19.6. The van der Waals surface area contributed by atoms with E-state index in [1.807, 2.05) is 43.1 Å². The van der Waals surface area contributed by atoms with Gasteiger partial charge in [-0.05, 0) is 62.4 Å². The maximum atomic E-state index is 13.5. The number of aryl methyl sites for hydroxylation is 1. The zero-order chi connectivity index (χ0) is 22.9. The van der Waals surface area contributed by atoms with Gasteiger partial charge in [0.25, 0.3) is 5.91 Å². The standard InChI is InChI=1S/C27H33FN4O/c1-19-29-25-17-22(28)11-12-26(25)32(19)18-20-7-9-21(10-8-20)27(33)30(2)23-13-15-31(16-14-23)24-5-3-4-6-24/h7-12,17,23-24H,3-6,13-16,18H2,1-2H3. The molecule has 1 amide bonds. The Morgan fingerprint density at radius 1 is 1.06 bits per heavy atom. The molecular weight excluding hydrogens is 415 g/mol. The molecule has 3 aromatic rings. The van der Waals surface area contributed by atoms with Crippen LogP contribution in [0.2, 0.25) is 0 Å². The SMILES string of the molecule is Cc1nc2cc(F)ccc2n1Cc1ccc(C(=O)N(C)C2CCN(C3CCCC3)CC2)cc1. The number of rotatable bonds is 5. The van der Waals surface area contributed by atoms with Gasteiger partial charge in [0.15, 0.2) is 0 Å². The molecule has 1 aliphatic heterocycles. The van der Waals surface area contributed by atoms with Gasteiger partial charge >= 0.3 is 0 Å². The van der Waals surface area contributed by atoms with Crippen molar-refractivity contribution in [3.8, 4) is 0 Å². The first-order valence-electron chi connectivity index (χ1n) is 12.2. The predicted octanol–water partition coefficient (Wildman–Crippen LogP) is 5.01. The summed E-state index contributed by atoms with van der Waals surface area (Å²) in [6.45, 7) is 4.78. The van der Waals surface area contributed by atoms with Crippen molar-refractivity contribution >= 4 is 16.9 Å². The van der Waals surface area contributed by atoms with E-state index in [4.69, 9.17) is 0 Å². The molecule has 2 aliphatic rings. The number of nitrogens with zero attached hydrogens (tertiary/aromatic N) is 4. The van der Waals surface area contributed by atoms with E-state index in [0.29, 0.717) is 18.1 Å². The fourth-order valence-corrected chi connectivity index (χ4v) is 5.64. The van der Waals surface area contributed by atoms with Crippen molar-refractivity contribution in [3.05, 3.63) is 65.2 Å². The second-order valence-electron chi connectivity index (χ2n) is 9.70. The van der Waals surface area contributed by atoms with E-state index in [2.05, 4.69) is 14.5 Å². The molecule has 5 rings (SSSR count). The van der Waals surface area contributed by atoms with Crippen molar-refractivity contribution < 1.29 is 9.18 Å². The van der Waals surface area contributed by atoms with Gasteiger partial charge in [0.1, 0.15) is 11.6 Å². The summed E-state index contributed by atoms with van der Waals surface area (Å²) in [5.41, 5.74) is 3.40. The van der Waals surface area contributed by atoms with Gasteiger partial charge in [0, 0.05) is 50.4 Å². The molecule has 2 heterocycles. The monoisotopic (exact) mass is 448 g/mol. The molecule has 6 heteroatoms. The van der Waals surface area contributed by atoms with Gasteiger partial charge in [-0.2, -0.15) is 0 Å². The summed E-state index contributed by atoms with van der Waals surface area (Å²) in [5, 5.41) is 0. The zero-order valence-corrected chi connectivity index (χ0v) is 19.6. The van der Waals surface area contributed by atoms with Crippen LogP contribution in [0.3, 0.4) is 0 Å². The Balaban J connectivity index is 1.22. The lowest BCUT2D eigenvalue weighted by atomic mass is 10.00. The van der Waals surface area contributed by atoms with Crippen LogP contribution in [0.15, 0.2) is 42.5 Å². The van der Waals surface area contributed by atoms with Crippen LogP contribution >= 0.6 is 0 Å². The molecule has 33 heavy (non-hydrogen) atoms. The van der Waals surface area contributed by atoms with Crippen molar-refractivity contribution in [2.45, 2.75) is 64.1 Å². The molecule has 0 bridgehead atoms. The van der Waals surface area contributed by atoms with Crippen LogP contribution in [0, 0.1) is 12.7 Å². The first-order chi connectivity index (χ1) is 16.0. The lowest BCUT2D eigenvalue weighted by molar-refractivity contribution is 0.0598. The number of carbonyl (C=O) groups is 1. The first-order valence-corrected chi connectivity index (χ1v) is 12.2. The molecule has 0 unspecified atom stereocenters. The van der Waals surface area contributed by atoms with Crippen LogP contribution in [0.4, 0.5) is 4.39 Å². The molecule has 2 fully saturated rings. The van der Waals surface area contributed by atoms with Crippen LogP contribution in [0.1, 0.15) is 60.3 Å². The average molecular weight is 449 g/mol. The molecule has 1 saturated heterocycles. The predicted molar refractivity (Wildman–Crippen MR) is 129 cm³/mol. The number of imidazole rings is 1. The van der Waals surface area contributed by atoms with E-state index in [1.165, 1.54) is 37.8 Å². The van der Waals surface area contributed by atoms with Crippen molar-refractivity contribution in [2.75, 3.05) is 20.1 Å². The Morgan fingerprint density at radius 2 is 1.76 bits per heavy atom. The van der Waals surface area contributed by atoms with E-state index < -0.39 is 0 Å². The molecule has 5 nitrogen and oxygen atoms in total. The molecule has 1 aromatic heterocycles. The Bertz CT molecular complexity index is 1120. The van der Waals surface area contributed by atoms with Gasteiger partial charge < -0.3 is 14.4 Å². The third-order valence-electron chi connectivity index (χ3n) is 7.65. The lowest BCUT2D eigenvalue weighted by Crippen LogP contribution is -2.48. The van der Waals surface area contributed by atoms with Gasteiger partial charge in [-0.1, -0.05) is 25.0 Å². The van der Waals surface area contributed by atoms with E-state index in [9.17, 15) is 9.18 Å². The topological polar surface area (TPSA) is 41.4 Å². The highest BCUT2D eigenvalue weighted by Crippen LogP contribution is 2.27. The molecule has 1 saturated carbocycles. The molecular formula is C27H33FN4O. The number of halogens is 1. The minimum absolute atomic E-state index is 0.0978. The van der Waals surface area contributed by atoms with Crippen molar-refractivity contribution in [3.63, 3.8) is 0 Å². The third-order valence-corrected chi connectivity index (χ3v) is 7.65. The number of hydrogen-bond donors (Lipinski definition) is 0. The van der Waals surface area contributed by atoms with Crippen LogP contribution in [-0.2, 0) is 6.54 Å². The van der Waals surface area contributed by atoms with E-state index in [-0.39, 0.29) is 11.7 Å². The largest absolute Gasteiger partial charge is 0.339 e. The smallest absolute Gasteiger partial charge is 0.253 e. The fraction of sp³-hybridized carbons (Fsp3) is 0.481. The molecule has 174 valence electrons. The number of carbonyl (C=O) groups excluding carboxylic acids is 1. The number of piperidine rings is 1. The Hall–Kier alpha value is -2.73. The highest BCUT2D eigenvalue weighted by molar-refractivity contribution is 5.94. The number of amides is 1. The van der Waals surface area contributed by atoms with Crippen LogP contribution in [0.25, 0.3) is 11.0 Å². The summed E-state index contributed by atoms with van der Waals surface area (Å²) in [6.07, 6.45) is 7.55. The van der Waals surface area contributed by atoms with Crippen LogP contribution in [-0.4, -0.2) is 57.5 Å². The molecule has 0 N–H and O–H groups in total. The van der Waals surface area contributed by atoms with E-state index >= 15 is 0 Å². The first kappa shape index (κ1) is 22.1. The van der Waals surface area contributed by atoms with E-state index in [0.717, 1.165) is 54.4 Å².